The quantitative estimate of drug-likeness (QED) is 0.243. The number of likely N-dealkylation sites (tertiary alicyclic amines) is 2. The van der Waals surface area contributed by atoms with Crippen molar-refractivity contribution in [1.82, 2.24) is 9.80 Å². The van der Waals surface area contributed by atoms with Gasteiger partial charge in [0.15, 0.2) is 0 Å². The van der Waals surface area contributed by atoms with E-state index in [2.05, 4.69) is 100 Å². The van der Waals surface area contributed by atoms with Gasteiger partial charge >= 0.3 is 0 Å². The molecule has 0 saturated carbocycles. The lowest BCUT2D eigenvalue weighted by Crippen LogP contribution is -2.53. The normalized spacial score (nSPS) is 20.5. The average molecular weight is 544 g/mol. The van der Waals surface area contributed by atoms with Crippen molar-refractivity contribution in [2.75, 3.05) is 31.5 Å². The van der Waals surface area contributed by atoms with Crippen LogP contribution in [-0.2, 0) is 4.79 Å². The molecule has 2 fully saturated rings. The minimum Gasteiger partial charge on any atom is -0.324 e. The summed E-state index contributed by atoms with van der Waals surface area (Å²) in [5, 5.41) is 8.21. The first-order valence-electron chi connectivity index (χ1n) is 14.6. The molecule has 1 amide bonds. The van der Waals surface area contributed by atoms with E-state index in [1.54, 1.807) is 12.1 Å². The van der Waals surface area contributed by atoms with Gasteiger partial charge in [0.25, 0.3) is 5.91 Å². The van der Waals surface area contributed by atoms with E-state index >= 15 is 0 Å². The number of hydrogen-bond acceptors (Lipinski definition) is 3. The zero-order chi connectivity index (χ0) is 27.8. The second-order valence-corrected chi connectivity index (χ2v) is 11.5. The fraction of sp³-hybridized carbons (Fsp3) is 0.250. The fourth-order valence-corrected chi connectivity index (χ4v) is 7.04. The minimum atomic E-state index is -0.389. The van der Waals surface area contributed by atoms with Crippen molar-refractivity contribution in [2.24, 2.45) is 0 Å². The first-order chi connectivity index (χ1) is 20.1. The van der Waals surface area contributed by atoms with Gasteiger partial charge in [-0.2, -0.15) is 0 Å². The molecule has 2 saturated heterocycles. The van der Waals surface area contributed by atoms with E-state index in [1.807, 2.05) is 0 Å². The van der Waals surface area contributed by atoms with Crippen LogP contribution in [0.2, 0.25) is 0 Å². The Balaban J connectivity index is 1.17. The summed E-state index contributed by atoms with van der Waals surface area (Å²) in [5.41, 5.74) is 3.34. The van der Waals surface area contributed by atoms with Crippen LogP contribution in [0.4, 0.5) is 10.1 Å². The third-order valence-corrected chi connectivity index (χ3v) is 9.00. The van der Waals surface area contributed by atoms with Crippen molar-refractivity contribution in [3.05, 3.63) is 126 Å². The van der Waals surface area contributed by atoms with Gasteiger partial charge in [0.05, 0.1) is 0 Å². The third kappa shape index (κ3) is 5.12. The van der Waals surface area contributed by atoms with Gasteiger partial charge < -0.3 is 5.32 Å². The van der Waals surface area contributed by atoms with Crippen molar-refractivity contribution in [3.63, 3.8) is 0 Å². The molecule has 5 aromatic carbocycles. The van der Waals surface area contributed by atoms with Crippen molar-refractivity contribution < 1.29 is 9.18 Å². The molecule has 2 aliphatic rings. The van der Waals surface area contributed by atoms with Crippen LogP contribution >= 0.6 is 0 Å². The van der Waals surface area contributed by atoms with Gasteiger partial charge in [-0.25, -0.2) is 4.39 Å². The molecular weight excluding hydrogens is 509 g/mol. The molecule has 41 heavy (non-hydrogen) atoms. The summed E-state index contributed by atoms with van der Waals surface area (Å²) in [6, 6.07) is 36.3. The Hall–Kier alpha value is -4.06. The molecule has 2 unspecified atom stereocenters. The highest BCUT2D eigenvalue weighted by atomic mass is 19.1. The van der Waals surface area contributed by atoms with Crippen LogP contribution in [0.3, 0.4) is 0 Å². The van der Waals surface area contributed by atoms with Crippen molar-refractivity contribution in [2.45, 2.75) is 30.8 Å². The summed E-state index contributed by atoms with van der Waals surface area (Å²) in [5.74, 6) is 0.362. The molecule has 2 atom stereocenters. The monoisotopic (exact) mass is 543 g/mol. The van der Waals surface area contributed by atoms with Gasteiger partial charge in [0.2, 0.25) is 0 Å². The molecule has 5 heteroatoms. The average Bonchev–Trinajstić information content (AvgIpc) is 3.69. The molecule has 0 aromatic heterocycles. The number of rotatable bonds is 6. The maximum absolute atomic E-state index is 14.0. The SMILES string of the molecule is O=C(Nc1ccc(F)cc1)C(N1CCC(c2cccc3ccccc23)C1)N1CCC(c2cccc3ccccc23)C1. The number of carbonyl (C=O) groups excluding carboxylic acids is 1. The molecule has 2 aliphatic heterocycles. The summed E-state index contributed by atoms with van der Waals surface area (Å²) in [6.45, 7) is 3.35. The van der Waals surface area contributed by atoms with Crippen LogP contribution in [0.5, 0.6) is 0 Å². The largest absolute Gasteiger partial charge is 0.324 e. The zero-order valence-corrected chi connectivity index (χ0v) is 23.0. The first kappa shape index (κ1) is 25.9. The molecule has 206 valence electrons. The van der Waals surface area contributed by atoms with Crippen LogP contribution < -0.4 is 5.32 Å². The summed E-state index contributed by atoms with van der Waals surface area (Å²) < 4.78 is 13.6. The van der Waals surface area contributed by atoms with E-state index < -0.39 is 0 Å². The molecule has 0 aliphatic carbocycles. The smallest absolute Gasteiger partial charge is 0.256 e. The summed E-state index contributed by atoms with van der Waals surface area (Å²) in [7, 11) is 0. The summed E-state index contributed by atoms with van der Waals surface area (Å²) in [4.78, 5) is 18.7. The number of amides is 1. The topological polar surface area (TPSA) is 35.6 Å². The lowest BCUT2D eigenvalue weighted by Gasteiger charge is -2.34. The number of carbonyl (C=O) groups is 1. The molecule has 7 rings (SSSR count). The van der Waals surface area contributed by atoms with E-state index in [-0.39, 0.29) is 17.9 Å². The second-order valence-electron chi connectivity index (χ2n) is 11.5. The van der Waals surface area contributed by atoms with Crippen molar-refractivity contribution >= 4 is 33.1 Å². The number of fused-ring (bicyclic) bond motifs is 2. The lowest BCUT2D eigenvalue weighted by atomic mass is 9.93. The number of nitrogens with zero attached hydrogens (tertiary/aromatic N) is 2. The molecular formula is C36H34FN3O. The predicted octanol–water partition coefficient (Wildman–Crippen LogP) is 7.38. The Morgan fingerprint density at radius 1 is 0.659 bits per heavy atom. The highest BCUT2D eigenvalue weighted by molar-refractivity contribution is 5.94. The Kier molecular flexibility index (Phi) is 6.99. The number of anilines is 1. The number of halogens is 1. The van der Waals surface area contributed by atoms with Crippen LogP contribution in [0, 0.1) is 5.82 Å². The van der Waals surface area contributed by atoms with Crippen LogP contribution in [0.25, 0.3) is 21.5 Å². The molecule has 2 heterocycles. The van der Waals surface area contributed by atoms with Crippen LogP contribution in [-0.4, -0.2) is 48.1 Å². The molecule has 0 spiro atoms. The third-order valence-electron chi connectivity index (χ3n) is 9.00. The maximum Gasteiger partial charge on any atom is 0.256 e. The Labute approximate surface area is 240 Å². The minimum absolute atomic E-state index is 0.0475. The molecule has 0 bridgehead atoms. The van der Waals surface area contributed by atoms with E-state index in [4.69, 9.17) is 0 Å². The number of hydrogen-bond donors (Lipinski definition) is 1. The second kappa shape index (κ2) is 11.1. The van der Waals surface area contributed by atoms with Gasteiger partial charge in [-0.1, -0.05) is 84.9 Å². The van der Waals surface area contributed by atoms with Gasteiger partial charge in [-0.15, -0.1) is 0 Å². The Bertz CT molecular complexity index is 1590. The molecule has 1 N–H and O–H groups in total. The highest BCUT2D eigenvalue weighted by Crippen LogP contribution is 2.37. The predicted molar refractivity (Wildman–Crippen MR) is 165 cm³/mol. The fourth-order valence-electron chi connectivity index (χ4n) is 7.04. The van der Waals surface area contributed by atoms with Crippen molar-refractivity contribution in [1.29, 1.82) is 0 Å². The van der Waals surface area contributed by atoms with Crippen molar-refractivity contribution in [3.8, 4) is 0 Å². The van der Waals surface area contributed by atoms with Gasteiger partial charge in [-0.05, 0) is 81.6 Å². The van der Waals surface area contributed by atoms with E-state index in [0.29, 0.717) is 17.5 Å². The zero-order valence-electron chi connectivity index (χ0n) is 23.0. The Morgan fingerprint density at radius 2 is 1.15 bits per heavy atom. The van der Waals surface area contributed by atoms with E-state index in [0.717, 1.165) is 39.0 Å². The van der Waals surface area contributed by atoms with Gasteiger partial charge in [0.1, 0.15) is 12.0 Å². The van der Waals surface area contributed by atoms with Crippen LogP contribution in [0.15, 0.2) is 109 Å². The molecule has 5 aromatic rings. The Morgan fingerprint density at radius 3 is 1.68 bits per heavy atom. The molecule has 4 nitrogen and oxygen atoms in total. The van der Waals surface area contributed by atoms with Crippen LogP contribution in [0.1, 0.15) is 35.8 Å². The first-order valence-corrected chi connectivity index (χ1v) is 14.6. The van der Waals surface area contributed by atoms with Gasteiger partial charge in [-0.3, -0.25) is 14.6 Å². The lowest BCUT2D eigenvalue weighted by molar-refractivity contribution is -0.127. The van der Waals surface area contributed by atoms with Gasteiger partial charge in [0, 0.05) is 31.9 Å². The molecule has 0 radical (unpaired) electrons. The number of nitrogens with one attached hydrogen (secondary N) is 1. The maximum atomic E-state index is 14.0. The standard InChI is InChI=1S/C36H34FN3O/c37-29-15-17-30(18-16-29)38-35(41)36(39-21-19-27(23-39)33-13-5-9-25-7-1-3-11-31(25)33)40-22-20-28(24-40)34-14-6-10-26-8-2-4-12-32(26)34/h1-18,27-28,36H,19-24H2,(H,38,41). The summed E-state index contributed by atoms with van der Waals surface area (Å²) in [6.07, 6.45) is 1.63. The highest BCUT2D eigenvalue weighted by Gasteiger charge is 2.40. The number of benzene rings is 5. The summed E-state index contributed by atoms with van der Waals surface area (Å²) >= 11 is 0. The van der Waals surface area contributed by atoms with E-state index in [9.17, 15) is 9.18 Å². The van der Waals surface area contributed by atoms with E-state index in [1.165, 1.54) is 44.8 Å².